The SMILES string of the molecule is C/C=C1/C(=C\c2[nH]c(/C=c3\[nH]/c(=C/C4=NC(=O)C(CC)=C4C)c(C)c3CCC(=O)O)c(CCC(=O)O)c2C)NC(=O)[C@H]1C. The number of amides is 2. The number of carbonyl (C=O) groups excluding carboxylic acids is 2. The van der Waals surface area contributed by atoms with Gasteiger partial charge in [0.1, 0.15) is 0 Å². The number of rotatable bonds is 10. The van der Waals surface area contributed by atoms with E-state index >= 15 is 0 Å². The first-order chi connectivity index (χ1) is 20.4. The molecule has 226 valence electrons. The Balaban J connectivity index is 1.91. The Kier molecular flexibility index (Phi) is 9.18. The number of nitrogens with one attached hydrogen (secondary N) is 3. The van der Waals surface area contributed by atoms with E-state index in [4.69, 9.17) is 0 Å². The summed E-state index contributed by atoms with van der Waals surface area (Å²) in [5.74, 6) is -2.44. The Hall–Kier alpha value is -4.73. The summed E-state index contributed by atoms with van der Waals surface area (Å²) in [4.78, 5) is 58.8. The van der Waals surface area contributed by atoms with E-state index in [-0.39, 0.29) is 43.4 Å². The molecule has 10 nitrogen and oxygen atoms in total. The van der Waals surface area contributed by atoms with Crippen LogP contribution in [0.4, 0.5) is 0 Å². The summed E-state index contributed by atoms with van der Waals surface area (Å²) in [6.07, 6.45) is 8.45. The molecule has 5 N–H and O–H groups in total. The van der Waals surface area contributed by atoms with Gasteiger partial charge in [-0.15, -0.1) is 0 Å². The summed E-state index contributed by atoms with van der Waals surface area (Å²) in [6, 6.07) is 0. The van der Waals surface area contributed by atoms with Crippen LogP contribution in [0.2, 0.25) is 0 Å². The Bertz CT molecular complexity index is 1780. The monoisotopic (exact) mass is 586 g/mol. The molecule has 0 aromatic carbocycles. The highest BCUT2D eigenvalue weighted by molar-refractivity contribution is 6.30. The average molecular weight is 587 g/mol. The third-order valence-electron chi connectivity index (χ3n) is 8.35. The van der Waals surface area contributed by atoms with Crippen LogP contribution in [0.15, 0.2) is 33.5 Å². The molecule has 1 saturated heterocycles. The second-order valence-electron chi connectivity index (χ2n) is 11.0. The number of H-pyrrole nitrogens is 2. The summed E-state index contributed by atoms with van der Waals surface area (Å²) in [7, 11) is 0. The lowest BCUT2D eigenvalue weighted by molar-refractivity contribution is -0.138. The minimum Gasteiger partial charge on any atom is -0.481 e. The molecule has 43 heavy (non-hydrogen) atoms. The molecule has 4 heterocycles. The largest absolute Gasteiger partial charge is 0.481 e. The predicted octanol–water partition coefficient (Wildman–Crippen LogP) is 3.36. The maximum absolute atomic E-state index is 12.3. The number of carboxylic acid groups (broad SMARTS) is 2. The summed E-state index contributed by atoms with van der Waals surface area (Å²) in [5.41, 5.74) is 8.40. The molecule has 10 heteroatoms. The van der Waals surface area contributed by atoms with E-state index in [0.717, 1.165) is 39.1 Å². The lowest BCUT2D eigenvalue weighted by atomic mass is 10.00. The van der Waals surface area contributed by atoms with Gasteiger partial charge >= 0.3 is 11.9 Å². The Morgan fingerprint density at radius 1 is 0.884 bits per heavy atom. The zero-order valence-electron chi connectivity index (χ0n) is 25.4. The van der Waals surface area contributed by atoms with Crippen molar-refractivity contribution >= 4 is 47.7 Å². The topological polar surface area (TPSA) is 165 Å². The van der Waals surface area contributed by atoms with Crippen LogP contribution in [0.1, 0.15) is 80.6 Å². The quantitative estimate of drug-likeness (QED) is 0.286. The second-order valence-corrected chi connectivity index (χ2v) is 11.0. The van der Waals surface area contributed by atoms with Gasteiger partial charge in [0.15, 0.2) is 0 Å². The Labute approximate surface area is 249 Å². The van der Waals surface area contributed by atoms with E-state index in [0.29, 0.717) is 39.8 Å². The molecule has 1 fully saturated rings. The minimum atomic E-state index is -0.923. The van der Waals surface area contributed by atoms with Crippen LogP contribution < -0.4 is 16.0 Å². The van der Waals surface area contributed by atoms with Crippen LogP contribution in [0.3, 0.4) is 0 Å². The number of allylic oxidation sites excluding steroid dienone is 3. The van der Waals surface area contributed by atoms with Crippen molar-refractivity contribution in [1.29, 1.82) is 0 Å². The number of hydrogen-bond donors (Lipinski definition) is 5. The maximum atomic E-state index is 12.3. The Morgan fingerprint density at radius 2 is 1.53 bits per heavy atom. The third-order valence-corrected chi connectivity index (χ3v) is 8.35. The zero-order valence-corrected chi connectivity index (χ0v) is 25.4. The molecule has 0 bridgehead atoms. The van der Waals surface area contributed by atoms with E-state index in [1.807, 2.05) is 65.8 Å². The van der Waals surface area contributed by atoms with Crippen LogP contribution in [0, 0.1) is 19.8 Å². The number of aromatic amines is 2. The lowest BCUT2D eigenvalue weighted by Crippen LogP contribution is -2.16. The minimum absolute atomic E-state index is 0.0721. The molecular formula is C33H38N4O6. The van der Waals surface area contributed by atoms with Crippen molar-refractivity contribution in [3.63, 3.8) is 0 Å². The van der Waals surface area contributed by atoms with Crippen LogP contribution in [0.5, 0.6) is 0 Å². The highest BCUT2D eigenvalue weighted by atomic mass is 16.4. The molecule has 0 radical (unpaired) electrons. The molecule has 2 amide bonds. The molecule has 4 rings (SSSR count). The van der Waals surface area contributed by atoms with Gasteiger partial charge in [-0.2, -0.15) is 0 Å². The standard InChI is InChI=1S/C33H38N4O6/c1-7-20-19(6)32(42)37-27(20)14-25-18(5)23(10-12-31(40)41)29(35-25)15-28-22(9-11-30(38)39)17(4)24(34-28)13-26-16(3)21(8-2)33(43)36-26/h7,13-15,19,34-35H,8-12H2,1-6H3,(H,37,42)(H,38,39)(H,40,41)/b20-7+,24-13+,27-14+,28-15-/t19-/m0/s1. The highest BCUT2D eigenvalue weighted by Gasteiger charge is 2.29. The summed E-state index contributed by atoms with van der Waals surface area (Å²) < 4.78 is 0. The fourth-order valence-electron chi connectivity index (χ4n) is 5.77. The van der Waals surface area contributed by atoms with Crippen molar-refractivity contribution in [2.45, 2.75) is 73.6 Å². The molecule has 2 aromatic rings. The van der Waals surface area contributed by atoms with Crippen molar-refractivity contribution in [3.05, 3.63) is 72.8 Å². The van der Waals surface area contributed by atoms with Gasteiger partial charge in [0.25, 0.3) is 5.91 Å². The maximum Gasteiger partial charge on any atom is 0.303 e. The third kappa shape index (κ3) is 6.38. The van der Waals surface area contributed by atoms with Gasteiger partial charge in [-0.1, -0.05) is 13.0 Å². The number of aromatic nitrogens is 2. The van der Waals surface area contributed by atoms with Gasteiger partial charge in [-0.3, -0.25) is 19.2 Å². The molecule has 0 spiro atoms. The zero-order chi connectivity index (χ0) is 31.6. The molecule has 0 aliphatic carbocycles. The lowest BCUT2D eigenvalue weighted by Gasteiger charge is -2.03. The molecule has 2 aliphatic heterocycles. The normalized spacial score (nSPS) is 19.8. The first-order valence-electron chi connectivity index (χ1n) is 14.4. The molecule has 0 saturated carbocycles. The number of hydrogen-bond acceptors (Lipinski definition) is 4. The number of carboxylic acids is 2. The summed E-state index contributed by atoms with van der Waals surface area (Å²) in [6.45, 7) is 11.3. The van der Waals surface area contributed by atoms with Crippen molar-refractivity contribution in [3.8, 4) is 0 Å². The van der Waals surface area contributed by atoms with E-state index in [9.17, 15) is 29.4 Å². The average Bonchev–Trinajstić information content (AvgIpc) is 3.59. The van der Waals surface area contributed by atoms with Crippen molar-refractivity contribution < 1.29 is 29.4 Å². The molecule has 1 atom stereocenters. The second kappa shape index (κ2) is 12.6. The molecule has 2 aliphatic rings. The fourth-order valence-corrected chi connectivity index (χ4v) is 5.77. The van der Waals surface area contributed by atoms with Crippen LogP contribution in [-0.2, 0) is 32.0 Å². The van der Waals surface area contributed by atoms with Crippen LogP contribution >= 0.6 is 0 Å². The Morgan fingerprint density at radius 3 is 2.12 bits per heavy atom. The van der Waals surface area contributed by atoms with Gasteiger partial charge in [0.05, 0.1) is 11.6 Å². The molecule has 2 aromatic heterocycles. The van der Waals surface area contributed by atoms with Gasteiger partial charge in [-0.05, 0) is 106 Å². The van der Waals surface area contributed by atoms with Crippen LogP contribution in [-0.4, -0.2) is 49.6 Å². The number of aliphatic imine (C=N–C) groups is 1. The van der Waals surface area contributed by atoms with Crippen molar-refractivity contribution in [2.75, 3.05) is 0 Å². The highest BCUT2D eigenvalue weighted by Crippen LogP contribution is 2.29. The first kappa shape index (κ1) is 31.2. The number of nitrogens with zero attached hydrogens (tertiary/aromatic N) is 1. The summed E-state index contributed by atoms with van der Waals surface area (Å²) in [5, 5.41) is 23.2. The number of carbonyl (C=O) groups is 4. The van der Waals surface area contributed by atoms with Gasteiger partial charge in [-0.25, -0.2) is 4.99 Å². The van der Waals surface area contributed by atoms with Crippen molar-refractivity contribution in [2.24, 2.45) is 10.9 Å². The number of aliphatic carboxylic acids is 2. The van der Waals surface area contributed by atoms with Gasteiger partial charge in [0, 0.05) is 46.2 Å². The van der Waals surface area contributed by atoms with Crippen LogP contribution in [0.25, 0.3) is 18.2 Å². The predicted molar refractivity (Wildman–Crippen MR) is 165 cm³/mol. The van der Waals surface area contributed by atoms with Gasteiger partial charge in [0.2, 0.25) is 5.91 Å². The van der Waals surface area contributed by atoms with Gasteiger partial charge < -0.3 is 25.5 Å². The summed E-state index contributed by atoms with van der Waals surface area (Å²) >= 11 is 0. The molecular weight excluding hydrogens is 548 g/mol. The first-order valence-corrected chi connectivity index (χ1v) is 14.4. The fraction of sp³-hybridized carbons (Fsp3) is 0.364. The smallest absolute Gasteiger partial charge is 0.303 e. The van der Waals surface area contributed by atoms with Crippen molar-refractivity contribution in [1.82, 2.24) is 15.3 Å². The van der Waals surface area contributed by atoms with E-state index in [2.05, 4.69) is 20.3 Å². The van der Waals surface area contributed by atoms with E-state index in [1.165, 1.54) is 0 Å². The van der Waals surface area contributed by atoms with E-state index in [1.54, 1.807) is 0 Å². The molecule has 0 unspecified atom stereocenters. The van der Waals surface area contributed by atoms with E-state index < -0.39 is 11.9 Å².